The number of hydrogen-bond acceptors (Lipinski definition) is 9. The first-order valence-electron chi connectivity index (χ1n) is 9.96. The first-order valence-corrected chi connectivity index (χ1v) is 11.8. The fourth-order valence-corrected chi connectivity index (χ4v) is 4.95. The number of aryl methyl sites for hydroxylation is 1. The van der Waals surface area contributed by atoms with Gasteiger partial charge in [0.1, 0.15) is 0 Å². The van der Waals surface area contributed by atoms with Gasteiger partial charge in [-0.25, -0.2) is 4.98 Å². The van der Waals surface area contributed by atoms with E-state index in [2.05, 4.69) is 20.1 Å². The van der Waals surface area contributed by atoms with Crippen molar-refractivity contribution in [2.45, 2.75) is 19.4 Å². The lowest BCUT2D eigenvalue weighted by Crippen LogP contribution is -2.48. The van der Waals surface area contributed by atoms with Crippen molar-refractivity contribution in [3.63, 3.8) is 0 Å². The van der Waals surface area contributed by atoms with Crippen LogP contribution in [0.25, 0.3) is 16.4 Å². The quantitative estimate of drug-likeness (QED) is 0.438. The lowest BCUT2D eigenvalue weighted by Gasteiger charge is -2.34. The van der Waals surface area contributed by atoms with E-state index in [1.807, 2.05) is 27.1 Å². The van der Waals surface area contributed by atoms with Gasteiger partial charge in [0.15, 0.2) is 4.96 Å². The third-order valence-corrected chi connectivity index (χ3v) is 6.69. The van der Waals surface area contributed by atoms with Crippen LogP contribution in [0.4, 0.5) is 0 Å². The monoisotopic (exact) mass is 456 g/mol. The van der Waals surface area contributed by atoms with E-state index in [1.54, 1.807) is 28.0 Å². The smallest absolute Gasteiger partial charge is 0.258 e. The summed E-state index contributed by atoms with van der Waals surface area (Å²) in [6.07, 6.45) is 2.52. The minimum atomic E-state index is -0.0572. The maximum Gasteiger partial charge on any atom is 0.258 e. The number of carbonyl (C=O) groups excluding carboxylic acids is 1. The summed E-state index contributed by atoms with van der Waals surface area (Å²) in [6, 6.07) is 3.52. The average molecular weight is 457 g/mol. The third-order valence-electron chi connectivity index (χ3n) is 5.25. The zero-order chi connectivity index (χ0) is 21.2. The van der Waals surface area contributed by atoms with Gasteiger partial charge in [-0.3, -0.25) is 18.9 Å². The van der Waals surface area contributed by atoms with Crippen LogP contribution in [0, 0.1) is 0 Å². The molecule has 0 N–H and O–H groups in total. The lowest BCUT2D eigenvalue weighted by molar-refractivity contribution is -0.133. The van der Waals surface area contributed by atoms with Gasteiger partial charge in [0.05, 0.1) is 5.69 Å². The number of fused-ring (bicyclic) bond motifs is 1. The Morgan fingerprint density at radius 2 is 2.03 bits per heavy atom. The van der Waals surface area contributed by atoms with E-state index in [0.29, 0.717) is 49.2 Å². The highest BCUT2D eigenvalue weighted by Crippen LogP contribution is 2.21. The Morgan fingerprint density at radius 3 is 2.84 bits per heavy atom. The van der Waals surface area contributed by atoms with Crippen molar-refractivity contribution in [2.24, 2.45) is 0 Å². The zero-order valence-electron chi connectivity index (χ0n) is 16.6. The van der Waals surface area contributed by atoms with Crippen molar-refractivity contribution < 1.29 is 9.21 Å². The van der Waals surface area contributed by atoms with Crippen LogP contribution in [0.3, 0.4) is 0 Å². The Morgan fingerprint density at radius 1 is 1.16 bits per heavy atom. The molecule has 0 aliphatic carbocycles. The lowest BCUT2D eigenvalue weighted by atomic mass is 10.2. The van der Waals surface area contributed by atoms with Gasteiger partial charge in [0.2, 0.25) is 17.7 Å². The second kappa shape index (κ2) is 8.69. The molecule has 5 heterocycles. The normalized spacial score (nSPS) is 15.0. The summed E-state index contributed by atoms with van der Waals surface area (Å²) in [7, 11) is 0. The Bertz CT molecular complexity index is 1240. The average Bonchev–Trinajstić information content (AvgIpc) is 3.53. The summed E-state index contributed by atoms with van der Waals surface area (Å²) in [5.41, 5.74) is 1.62. The molecular formula is C20H20N6O3S2. The van der Waals surface area contributed by atoms with Gasteiger partial charge in [-0.1, -0.05) is 0 Å². The molecule has 4 aromatic heterocycles. The van der Waals surface area contributed by atoms with E-state index in [1.165, 1.54) is 11.3 Å². The Hall–Kier alpha value is -2.89. The summed E-state index contributed by atoms with van der Waals surface area (Å²) >= 11 is 3.02. The molecule has 4 aromatic rings. The molecule has 0 unspecified atom stereocenters. The van der Waals surface area contributed by atoms with Crippen molar-refractivity contribution in [2.75, 3.05) is 26.2 Å². The van der Waals surface area contributed by atoms with Crippen molar-refractivity contribution in [3.8, 4) is 11.5 Å². The van der Waals surface area contributed by atoms with Gasteiger partial charge < -0.3 is 9.32 Å². The van der Waals surface area contributed by atoms with E-state index in [9.17, 15) is 9.59 Å². The Balaban J connectivity index is 1.11. The van der Waals surface area contributed by atoms with Gasteiger partial charge >= 0.3 is 0 Å². The summed E-state index contributed by atoms with van der Waals surface area (Å²) in [5.74, 6) is 1.06. The highest BCUT2D eigenvalue weighted by molar-refractivity contribution is 7.15. The summed E-state index contributed by atoms with van der Waals surface area (Å²) < 4.78 is 7.21. The molecule has 0 bridgehead atoms. The zero-order valence-corrected chi connectivity index (χ0v) is 18.3. The molecule has 0 saturated carbocycles. The molecule has 0 spiro atoms. The fraction of sp³-hybridized carbons (Fsp3) is 0.350. The molecule has 1 aliphatic heterocycles. The van der Waals surface area contributed by atoms with Crippen molar-refractivity contribution in [3.05, 3.63) is 56.4 Å². The Kier molecular flexibility index (Phi) is 5.62. The van der Waals surface area contributed by atoms with Crippen LogP contribution in [0.1, 0.15) is 18.0 Å². The molecule has 0 aromatic carbocycles. The van der Waals surface area contributed by atoms with Crippen LogP contribution < -0.4 is 5.56 Å². The van der Waals surface area contributed by atoms with Crippen LogP contribution >= 0.6 is 22.7 Å². The predicted molar refractivity (Wildman–Crippen MR) is 117 cm³/mol. The van der Waals surface area contributed by atoms with Crippen molar-refractivity contribution in [1.29, 1.82) is 0 Å². The third kappa shape index (κ3) is 4.43. The van der Waals surface area contributed by atoms with Gasteiger partial charge in [0.25, 0.3) is 5.56 Å². The second-order valence-corrected chi connectivity index (χ2v) is 8.96. The summed E-state index contributed by atoms with van der Waals surface area (Å²) in [4.78, 5) is 34.1. The maximum atomic E-state index is 12.6. The van der Waals surface area contributed by atoms with Crippen LogP contribution in [0.2, 0.25) is 0 Å². The molecule has 11 heteroatoms. The fourth-order valence-electron chi connectivity index (χ4n) is 3.58. The number of rotatable bonds is 6. The number of nitrogens with zero attached hydrogens (tertiary/aromatic N) is 6. The number of aromatic nitrogens is 4. The second-order valence-electron chi connectivity index (χ2n) is 7.31. The largest absolute Gasteiger partial charge is 0.421 e. The molecule has 1 amide bonds. The number of carbonyl (C=O) groups is 1. The van der Waals surface area contributed by atoms with Crippen molar-refractivity contribution in [1.82, 2.24) is 29.4 Å². The first-order chi connectivity index (χ1) is 15.2. The van der Waals surface area contributed by atoms with Crippen LogP contribution in [-0.2, 0) is 17.8 Å². The number of hydrogen-bond donors (Lipinski definition) is 0. The van der Waals surface area contributed by atoms with Crippen LogP contribution in [-0.4, -0.2) is 61.5 Å². The van der Waals surface area contributed by atoms with Gasteiger partial charge in [-0.2, -0.15) is 11.3 Å². The maximum absolute atomic E-state index is 12.6. The van der Waals surface area contributed by atoms with Gasteiger partial charge in [0, 0.05) is 74.2 Å². The molecule has 1 aliphatic rings. The number of piperazine rings is 1. The molecule has 0 atom stereocenters. The molecule has 0 radical (unpaired) electrons. The highest BCUT2D eigenvalue weighted by Gasteiger charge is 2.22. The summed E-state index contributed by atoms with van der Waals surface area (Å²) in [5, 5.41) is 13.9. The van der Waals surface area contributed by atoms with E-state index in [-0.39, 0.29) is 11.5 Å². The number of amides is 1. The van der Waals surface area contributed by atoms with Crippen molar-refractivity contribution >= 4 is 33.5 Å². The van der Waals surface area contributed by atoms with Gasteiger partial charge in [-0.15, -0.1) is 21.5 Å². The highest BCUT2D eigenvalue weighted by atomic mass is 32.1. The molecule has 1 saturated heterocycles. The first kappa shape index (κ1) is 20.0. The molecule has 9 nitrogen and oxygen atoms in total. The SMILES string of the molecule is O=C(CCc1nnc(-c2ccsc2)o1)N1CCN(Cc2cc(=O)n3ccsc3n2)CC1. The molecule has 1 fully saturated rings. The number of thiophene rings is 1. The molecule has 5 rings (SSSR count). The topological polar surface area (TPSA) is 96.8 Å². The van der Waals surface area contributed by atoms with E-state index < -0.39 is 0 Å². The molecular weight excluding hydrogens is 436 g/mol. The van der Waals surface area contributed by atoms with E-state index in [4.69, 9.17) is 4.42 Å². The molecule has 160 valence electrons. The standard InChI is InChI=1S/C20H20N6O3S2/c27-17(2-1-16-22-23-19(29-16)14-3-9-30-13-14)25-6-4-24(5-7-25)12-15-11-18(28)26-8-10-31-20(26)21-15/h3,8-11,13H,1-2,4-7,12H2. The minimum Gasteiger partial charge on any atom is -0.421 e. The number of thiazole rings is 1. The van der Waals surface area contributed by atoms with Gasteiger partial charge in [-0.05, 0) is 11.4 Å². The predicted octanol–water partition coefficient (Wildman–Crippen LogP) is 2.14. The minimum absolute atomic E-state index is 0.0572. The van der Waals surface area contributed by atoms with E-state index >= 15 is 0 Å². The summed E-state index contributed by atoms with van der Waals surface area (Å²) in [6.45, 7) is 3.42. The van der Waals surface area contributed by atoms with Crippen LogP contribution in [0.15, 0.2) is 43.7 Å². The van der Waals surface area contributed by atoms with E-state index in [0.717, 1.165) is 24.3 Å². The molecule has 31 heavy (non-hydrogen) atoms. The Labute approximate surface area is 185 Å². The van der Waals surface area contributed by atoms with Crippen LogP contribution in [0.5, 0.6) is 0 Å².